The van der Waals surface area contributed by atoms with Crippen LogP contribution in [-0.4, -0.2) is 61.2 Å². The molecule has 0 radical (unpaired) electrons. The van der Waals surface area contributed by atoms with Gasteiger partial charge in [0.2, 0.25) is 0 Å². The van der Waals surface area contributed by atoms with E-state index in [1.165, 1.54) is 90.6 Å². The molecule has 0 aromatic carbocycles. The minimum absolute atomic E-state index is 0.790. The molecule has 1 aliphatic carbocycles. The van der Waals surface area contributed by atoms with Crippen LogP contribution in [0.3, 0.4) is 0 Å². The van der Waals surface area contributed by atoms with Gasteiger partial charge >= 0.3 is 0 Å². The first-order chi connectivity index (χ1) is 10.3. The molecule has 0 bridgehead atoms. The van der Waals surface area contributed by atoms with E-state index in [4.69, 9.17) is 0 Å². The van der Waals surface area contributed by atoms with Crippen LogP contribution in [0.15, 0.2) is 0 Å². The zero-order chi connectivity index (χ0) is 14.5. The van der Waals surface area contributed by atoms with Crippen molar-refractivity contribution in [3.05, 3.63) is 0 Å². The van der Waals surface area contributed by atoms with Gasteiger partial charge in [-0.3, -0.25) is 0 Å². The molecule has 2 saturated heterocycles. The molecule has 2 heterocycles. The van der Waals surface area contributed by atoms with Crippen molar-refractivity contribution < 1.29 is 0 Å². The molecule has 3 fully saturated rings. The Kier molecular flexibility index (Phi) is 5.96. The first kappa shape index (κ1) is 15.8. The number of hydrogen-bond donors (Lipinski definition) is 1. The van der Waals surface area contributed by atoms with Gasteiger partial charge in [-0.1, -0.05) is 0 Å². The van der Waals surface area contributed by atoms with Crippen molar-refractivity contribution in [1.29, 1.82) is 0 Å². The smallest absolute Gasteiger partial charge is 0.00682 e. The molecule has 2 aliphatic heterocycles. The quantitative estimate of drug-likeness (QED) is 0.694. The molecule has 0 aromatic rings. The van der Waals surface area contributed by atoms with Gasteiger partial charge in [0.25, 0.3) is 0 Å². The Morgan fingerprint density at radius 2 is 1.71 bits per heavy atom. The lowest BCUT2D eigenvalue weighted by Crippen LogP contribution is -2.42. The third-order valence-corrected chi connectivity index (χ3v) is 5.80. The van der Waals surface area contributed by atoms with Crippen LogP contribution in [0.25, 0.3) is 0 Å². The predicted octanol–water partition coefficient (Wildman–Crippen LogP) is 2.71. The molecule has 3 rings (SSSR count). The van der Waals surface area contributed by atoms with Crippen LogP contribution in [-0.2, 0) is 0 Å². The summed E-state index contributed by atoms with van der Waals surface area (Å²) >= 11 is 0. The minimum Gasteiger partial charge on any atom is -0.314 e. The SMILES string of the molecule is CC(CCCNC1CC1)N1CCC(CN2CCCC2)CC1. The van der Waals surface area contributed by atoms with Crippen molar-refractivity contribution in [2.45, 2.75) is 70.4 Å². The van der Waals surface area contributed by atoms with Crippen molar-refractivity contribution in [2.75, 3.05) is 39.3 Å². The highest BCUT2D eigenvalue weighted by Crippen LogP contribution is 2.23. The van der Waals surface area contributed by atoms with Gasteiger partial charge in [-0.2, -0.15) is 0 Å². The van der Waals surface area contributed by atoms with E-state index < -0.39 is 0 Å². The molecule has 1 atom stereocenters. The number of piperidine rings is 1. The highest BCUT2D eigenvalue weighted by molar-refractivity contribution is 4.82. The Hall–Kier alpha value is -0.120. The van der Waals surface area contributed by atoms with Crippen LogP contribution in [0.4, 0.5) is 0 Å². The molecule has 3 heteroatoms. The largest absolute Gasteiger partial charge is 0.314 e. The lowest BCUT2D eigenvalue weighted by Gasteiger charge is -2.37. The normalized spacial score (nSPS) is 27.3. The summed E-state index contributed by atoms with van der Waals surface area (Å²) in [6, 6.07) is 1.67. The van der Waals surface area contributed by atoms with Crippen molar-refractivity contribution in [3.63, 3.8) is 0 Å². The van der Waals surface area contributed by atoms with Gasteiger partial charge in [-0.15, -0.1) is 0 Å². The third kappa shape index (κ3) is 5.22. The van der Waals surface area contributed by atoms with E-state index in [-0.39, 0.29) is 0 Å². The standard InChI is InChI=1S/C18H35N3/c1-16(5-4-10-19-18-6-7-18)21-13-8-17(9-14-21)15-20-11-2-3-12-20/h16-19H,2-15H2,1H3. The summed E-state index contributed by atoms with van der Waals surface area (Å²) in [6.45, 7) is 10.5. The van der Waals surface area contributed by atoms with E-state index in [9.17, 15) is 0 Å². The Morgan fingerprint density at radius 3 is 2.38 bits per heavy atom. The molecule has 0 spiro atoms. The first-order valence-electron chi connectivity index (χ1n) is 9.51. The zero-order valence-electron chi connectivity index (χ0n) is 14.0. The van der Waals surface area contributed by atoms with E-state index >= 15 is 0 Å². The third-order valence-electron chi connectivity index (χ3n) is 5.80. The lowest BCUT2D eigenvalue weighted by atomic mass is 9.94. The molecule has 0 amide bonds. The molecule has 21 heavy (non-hydrogen) atoms. The monoisotopic (exact) mass is 293 g/mol. The maximum absolute atomic E-state index is 3.64. The minimum atomic E-state index is 0.790. The zero-order valence-corrected chi connectivity index (χ0v) is 14.0. The fourth-order valence-electron chi connectivity index (χ4n) is 4.08. The van der Waals surface area contributed by atoms with Gasteiger partial charge < -0.3 is 15.1 Å². The second kappa shape index (κ2) is 7.94. The van der Waals surface area contributed by atoms with Crippen LogP contribution in [0, 0.1) is 5.92 Å². The summed E-state index contributed by atoms with van der Waals surface area (Å²) in [5.41, 5.74) is 0. The van der Waals surface area contributed by atoms with Crippen LogP contribution in [0.5, 0.6) is 0 Å². The molecule has 0 aromatic heterocycles. The molecule has 1 N–H and O–H groups in total. The van der Waals surface area contributed by atoms with E-state index in [2.05, 4.69) is 22.0 Å². The first-order valence-corrected chi connectivity index (χ1v) is 9.51. The average Bonchev–Trinajstić information content (AvgIpc) is 3.19. The van der Waals surface area contributed by atoms with Gasteiger partial charge in [-0.25, -0.2) is 0 Å². The van der Waals surface area contributed by atoms with Crippen LogP contribution >= 0.6 is 0 Å². The topological polar surface area (TPSA) is 18.5 Å². The second-order valence-corrected chi connectivity index (χ2v) is 7.71. The van der Waals surface area contributed by atoms with Gasteiger partial charge in [0.15, 0.2) is 0 Å². The van der Waals surface area contributed by atoms with E-state index in [1.54, 1.807) is 0 Å². The number of rotatable bonds is 8. The summed E-state index contributed by atoms with van der Waals surface area (Å²) in [7, 11) is 0. The Labute approximate surface area is 131 Å². The summed E-state index contributed by atoms with van der Waals surface area (Å²) in [5, 5.41) is 3.64. The van der Waals surface area contributed by atoms with Gasteiger partial charge in [0.1, 0.15) is 0 Å². The molecular weight excluding hydrogens is 258 g/mol. The molecule has 1 unspecified atom stereocenters. The Morgan fingerprint density at radius 1 is 1.00 bits per heavy atom. The molecule has 122 valence electrons. The van der Waals surface area contributed by atoms with Crippen molar-refractivity contribution >= 4 is 0 Å². The number of nitrogens with one attached hydrogen (secondary N) is 1. The Bertz CT molecular complexity index is 289. The maximum Gasteiger partial charge on any atom is 0.00682 e. The average molecular weight is 293 g/mol. The molecule has 3 nitrogen and oxygen atoms in total. The number of hydrogen-bond acceptors (Lipinski definition) is 3. The molecular formula is C18H35N3. The summed E-state index contributed by atoms with van der Waals surface area (Å²) < 4.78 is 0. The second-order valence-electron chi connectivity index (χ2n) is 7.71. The van der Waals surface area contributed by atoms with Gasteiger partial charge in [-0.05, 0) is 96.9 Å². The van der Waals surface area contributed by atoms with Crippen LogP contribution in [0.2, 0.25) is 0 Å². The van der Waals surface area contributed by atoms with Gasteiger partial charge in [0, 0.05) is 18.6 Å². The van der Waals surface area contributed by atoms with E-state index in [0.29, 0.717) is 0 Å². The van der Waals surface area contributed by atoms with Crippen molar-refractivity contribution in [1.82, 2.24) is 15.1 Å². The fraction of sp³-hybridized carbons (Fsp3) is 1.00. The number of likely N-dealkylation sites (tertiary alicyclic amines) is 2. The lowest BCUT2D eigenvalue weighted by molar-refractivity contribution is 0.117. The van der Waals surface area contributed by atoms with E-state index in [0.717, 1.165) is 18.0 Å². The van der Waals surface area contributed by atoms with E-state index in [1.807, 2.05) is 0 Å². The molecule has 1 saturated carbocycles. The summed E-state index contributed by atoms with van der Waals surface area (Å²) in [6.07, 6.45) is 11.3. The van der Waals surface area contributed by atoms with Crippen LogP contribution < -0.4 is 5.32 Å². The molecule has 3 aliphatic rings. The van der Waals surface area contributed by atoms with Crippen molar-refractivity contribution in [2.24, 2.45) is 5.92 Å². The summed E-state index contributed by atoms with van der Waals surface area (Å²) in [5.74, 6) is 0.975. The summed E-state index contributed by atoms with van der Waals surface area (Å²) in [4.78, 5) is 5.45. The van der Waals surface area contributed by atoms with Crippen LogP contribution in [0.1, 0.15) is 58.3 Å². The highest BCUT2D eigenvalue weighted by Gasteiger charge is 2.25. The van der Waals surface area contributed by atoms with Crippen molar-refractivity contribution in [3.8, 4) is 0 Å². The Balaban J connectivity index is 1.26. The van der Waals surface area contributed by atoms with Gasteiger partial charge in [0.05, 0.1) is 0 Å². The highest BCUT2D eigenvalue weighted by atomic mass is 15.2. The fourth-order valence-corrected chi connectivity index (χ4v) is 4.08. The maximum atomic E-state index is 3.64. The number of nitrogens with zero attached hydrogens (tertiary/aromatic N) is 2. The predicted molar refractivity (Wildman–Crippen MR) is 89.7 cm³/mol.